The molecule has 2 N–H and O–H groups in total. The second kappa shape index (κ2) is 13.1. The van der Waals surface area contributed by atoms with Crippen LogP contribution in [-0.2, 0) is 28.6 Å². The predicted molar refractivity (Wildman–Crippen MR) is 128 cm³/mol. The molecule has 0 amide bonds. The SMILES string of the molecule is CCNC(=NCc1ncc(CC)s1)NCCCS(=O)(=O)Cc1ccccc1.I. The van der Waals surface area contributed by atoms with Crippen molar-refractivity contribution in [2.45, 2.75) is 39.0 Å². The zero-order valence-corrected chi connectivity index (χ0v) is 20.3. The van der Waals surface area contributed by atoms with Gasteiger partial charge in [-0.15, -0.1) is 35.3 Å². The van der Waals surface area contributed by atoms with E-state index in [2.05, 4.69) is 27.5 Å². The standard InChI is InChI=1S/C19H28N4O2S2.HI/c1-3-17-13-22-18(26-17)14-23-19(20-4-2)21-11-8-12-27(24,25)15-16-9-6-5-7-10-16;/h5-7,9-10,13H,3-4,8,11-12,14-15H2,1-2H3,(H2,20,21,23);1H. The molecule has 1 aromatic heterocycles. The number of rotatable bonds is 10. The Morgan fingerprint density at radius 1 is 1.18 bits per heavy atom. The molecule has 0 atom stereocenters. The molecule has 0 aliphatic carbocycles. The molecule has 1 aromatic carbocycles. The van der Waals surface area contributed by atoms with E-state index >= 15 is 0 Å². The second-order valence-corrected chi connectivity index (χ2v) is 9.51. The van der Waals surface area contributed by atoms with Crippen molar-refractivity contribution >= 4 is 51.1 Å². The van der Waals surface area contributed by atoms with Crippen LogP contribution in [0.25, 0.3) is 0 Å². The highest BCUT2D eigenvalue weighted by Gasteiger charge is 2.11. The average molecular weight is 537 g/mol. The molecular weight excluding hydrogens is 507 g/mol. The van der Waals surface area contributed by atoms with Gasteiger partial charge in [-0.2, -0.15) is 0 Å². The Bertz CT molecular complexity index is 823. The first-order valence-corrected chi connectivity index (χ1v) is 11.9. The summed E-state index contributed by atoms with van der Waals surface area (Å²) < 4.78 is 24.5. The van der Waals surface area contributed by atoms with Crippen molar-refractivity contribution in [3.8, 4) is 0 Å². The quantitative estimate of drug-likeness (QED) is 0.211. The van der Waals surface area contributed by atoms with Crippen LogP contribution in [0.1, 0.15) is 35.7 Å². The van der Waals surface area contributed by atoms with Gasteiger partial charge in [0, 0.05) is 24.2 Å². The lowest BCUT2D eigenvalue weighted by Crippen LogP contribution is -2.38. The van der Waals surface area contributed by atoms with Crippen molar-refractivity contribution in [1.82, 2.24) is 15.6 Å². The fourth-order valence-corrected chi connectivity index (χ4v) is 4.69. The summed E-state index contributed by atoms with van der Waals surface area (Å²) in [5.74, 6) is 0.929. The molecule has 0 spiro atoms. The summed E-state index contributed by atoms with van der Waals surface area (Å²) in [4.78, 5) is 10.1. The van der Waals surface area contributed by atoms with Crippen LogP contribution in [0.5, 0.6) is 0 Å². The number of nitrogens with one attached hydrogen (secondary N) is 2. The van der Waals surface area contributed by atoms with Gasteiger partial charge in [-0.05, 0) is 25.3 Å². The molecule has 2 aromatic rings. The van der Waals surface area contributed by atoms with Gasteiger partial charge in [-0.1, -0.05) is 37.3 Å². The minimum atomic E-state index is -3.11. The molecular formula is C19H29IN4O2S2. The average Bonchev–Trinajstić information content (AvgIpc) is 3.11. The molecule has 0 unspecified atom stereocenters. The maximum absolute atomic E-state index is 12.2. The number of hydrogen-bond donors (Lipinski definition) is 2. The molecule has 0 saturated heterocycles. The van der Waals surface area contributed by atoms with Gasteiger partial charge in [-0.3, -0.25) is 0 Å². The maximum Gasteiger partial charge on any atom is 0.191 e. The minimum absolute atomic E-state index is 0. The van der Waals surface area contributed by atoms with E-state index in [1.54, 1.807) is 11.3 Å². The first-order valence-electron chi connectivity index (χ1n) is 9.22. The third-order valence-corrected chi connectivity index (χ3v) is 6.63. The van der Waals surface area contributed by atoms with Crippen LogP contribution in [-0.4, -0.2) is 38.2 Å². The predicted octanol–water partition coefficient (Wildman–Crippen LogP) is 3.38. The zero-order chi connectivity index (χ0) is 19.5. The van der Waals surface area contributed by atoms with Gasteiger partial charge < -0.3 is 10.6 Å². The van der Waals surface area contributed by atoms with Crippen LogP contribution in [0.2, 0.25) is 0 Å². The Hall–Kier alpha value is -1.20. The fraction of sp³-hybridized carbons (Fsp3) is 0.474. The van der Waals surface area contributed by atoms with E-state index in [1.165, 1.54) is 4.88 Å². The van der Waals surface area contributed by atoms with Crippen LogP contribution in [0.4, 0.5) is 0 Å². The van der Waals surface area contributed by atoms with E-state index in [-0.39, 0.29) is 35.5 Å². The Kier molecular flexibility index (Phi) is 11.6. The largest absolute Gasteiger partial charge is 0.357 e. The van der Waals surface area contributed by atoms with Crippen molar-refractivity contribution in [2.75, 3.05) is 18.8 Å². The topological polar surface area (TPSA) is 83.4 Å². The first-order chi connectivity index (χ1) is 13.0. The van der Waals surface area contributed by atoms with E-state index in [0.29, 0.717) is 25.5 Å². The molecule has 0 aliphatic heterocycles. The van der Waals surface area contributed by atoms with Crippen molar-refractivity contribution in [1.29, 1.82) is 0 Å². The van der Waals surface area contributed by atoms with Gasteiger partial charge in [-0.25, -0.2) is 18.4 Å². The van der Waals surface area contributed by atoms with Crippen LogP contribution < -0.4 is 10.6 Å². The summed E-state index contributed by atoms with van der Waals surface area (Å²) in [7, 11) is -3.11. The molecule has 0 bridgehead atoms. The van der Waals surface area contributed by atoms with Crippen molar-refractivity contribution in [2.24, 2.45) is 4.99 Å². The fourth-order valence-electron chi connectivity index (χ4n) is 2.47. The highest BCUT2D eigenvalue weighted by Crippen LogP contribution is 2.14. The van der Waals surface area contributed by atoms with Gasteiger partial charge in [0.25, 0.3) is 0 Å². The van der Waals surface area contributed by atoms with Gasteiger partial charge >= 0.3 is 0 Å². The molecule has 6 nitrogen and oxygen atoms in total. The summed E-state index contributed by atoms with van der Waals surface area (Å²) in [6, 6.07) is 9.29. The van der Waals surface area contributed by atoms with Crippen LogP contribution >= 0.6 is 35.3 Å². The Morgan fingerprint density at radius 2 is 1.93 bits per heavy atom. The molecule has 28 heavy (non-hydrogen) atoms. The number of nitrogens with zero attached hydrogens (tertiary/aromatic N) is 2. The third-order valence-electron chi connectivity index (χ3n) is 3.82. The van der Waals surface area contributed by atoms with E-state index < -0.39 is 9.84 Å². The summed E-state index contributed by atoms with van der Waals surface area (Å²) in [6.07, 6.45) is 3.42. The van der Waals surface area contributed by atoms with Gasteiger partial charge in [0.1, 0.15) is 5.01 Å². The van der Waals surface area contributed by atoms with Gasteiger partial charge in [0.15, 0.2) is 15.8 Å². The third kappa shape index (κ3) is 9.33. The van der Waals surface area contributed by atoms with E-state index in [0.717, 1.165) is 23.5 Å². The molecule has 0 saturated carbocycles. The van der Waals surface area contributed by atoms with Crippen LogP contribution in [0, 0.1) is 0 Å². The van der Waals surface area contributed by atoms with Crippen molar-refractivity contribution in [3.05, 3.63) is 52.0 Å². The normalized spacial score (nSPS) is 11.7. The number of halogens is 1. The lowest BCUT2D eigenvalue weighted by atomic mass is 10.2. The monoisotopic (exact) mass is 536 g/mol. The molecule has 0 fully saturated rings. The van der Waals surface area contributed by atoms with Crippen molar-refractivity contribution < 1.29 is 8.42 Å². The minimum Gasteiger partial charge on any atom is -0.357 e. The van der Waals surface area contributed by atoms with E-state index in [1.807, 2.05) is 43.5 Å². The van der Waals surface area contributed by atoms with E-state index in [4.69, 9.17) is 0 Å². The number of hydrogen-bond acceptors (Lipinski definition) is 5. The van der Waals surface area contributed by atoms with Gasteiger partial charge in [0.05, 0.1) is 18.1 Å². The van der Waals surface area contributed by atoms with E-state index in [9.17, 15) is 8.42 Å². The number of aromatic nitrogens is 1. The second-order valence-electron chi connectivity index (χ2n) is 6.13. The highest BCUT2D eigenvalue weighted by molar-refractivity contribution is 14.0. The number of aliphatic imine (C=N–C) groups is 1. The highest BCUT2D eigenvalue weighted by atomic mass is 127. The number of benzene rings is 1. The Morgan fingerprint density at radius 3 is 2.57 bits per heavy atom. The molecule has 0 radical (unpaired) electrons. The summed E-state index contributed by atoms with van der Waals surface area (Å²) >= 11 is 1.67. The lowest BCUT2D eigenvalue weighted by molar-refractivity contribution is 0.591. The molecule has 1 heterocycles. The first kappa shape index (κ1) is 24.8. The van der Waals surface area contributed by atoms with Crippen LogP contribution in [0.3, 0.4) is 0 Å². The zero-order valence-electron chi connectivity index (χ0n) is 16.3. The number of thiazole rings is 1. The summed E-state index contributed by atoms with van der Waals surface area (Å²) in [6.45, 7) is 5.93. The number of aryl methyl sites for hydroxylation is 1. The Labute approximate surface area is 189 Å². The maximum atomic E-state index is 12.2. The summed E-state index contributed by atoms with van der Waals surface area (Å²) in [5.41, 5.74) is 0.829. The van der Waals surface area contributed by atoms with Crippen molar-refractivity contribution in [3.63, 3.8) is 0 Å². The molecule has 0 aliphatic rings. The summed E-state index contributed by atoms with van der Waals surface area (Å²) in [5, 5.41) is 7.36. The smallest absolute Gasteiger partial charge is 0.191 e. The molecule has 156 valence electrons. The molecule has 9 heteroatoms. The molecule has 2 rings (SSSR count). The number of sulfone groups is 1. The van der Waals surface area contributed by atoms with Crippen LogP contribution in [0.15, 0.2) is 41.5 Å². The lowest BCUT2D eigenvalue weighted by Gasteiger charge is -2.11. The Balaban J connectivity index is 0.00000392. The van der Waals surface area contributed by atoms with Gasteiger partial charge in [0.2, 0.25) is 0 Å². The number of guanidine groups is 1.